The van der Waals surface area contributed by atoms with Crippen molar-refractivity contribution in [2.45, 2.75) is 6.92 Å². The van der Waals surface area contributed by atoms with Gasteiger partial charge < -0.3 is 10.6 Å². The lowest BCUT2D eigenvalue weighted by Crippen LogP contribution is -2.14. The largest absolute Gasteiger partial charge is 0.384 e. The fraction of sp³-hybridized carbons (Fsp3) is 0.133. The van der Waals surface area contributed by atoms with E-state index in [1.54, 1.807) is 0 Å². The molecule has 0 aliphatic heterocycles. The molecule has 2 aromatic rings. The number of nitrogens with zero attached hydrogens (tertiary/aromatic N) is 1. The number of nitrogens with two attached hydrogens (primary N) is 1. The van der Waals surface area contributed by atoms with Crippen LogP contribution in [0.4, 0.5) is 11.4 Å². The smallest absolute Gasteiger partial charge is 0.123 e. The van der Waals surface area contributed by atoms with Gasteiger partial charge in [-0.3, -0.25) is 5.41 Å². The van der Waals surface area contributed by atoms with Crippen molar-refractivity contribution in [2.75, 3.05) is 11.9 Å². The molecule has 2 rings (SSSR count). The zero-order valence-electron chi connectivity index (χ0n) is 10.9. The van der Waals surface area contributed by atoms with E-state index in [0.29, 0.717) is 5.56 Å². The summed E-state index contributed by atoms with van der Waals surface area (Å²) < 4.78 is 0.831. The number of nitrogen functional groups attached to an aromatic ring is 1. The van der Waals surface area contributed by atoms with Crippen LogP contribution in [0, 0.1) is 12.3 Å². The van der Waals surface area contributed by atoms with E-state index in [4.69, 9.17) is 11.1 Å². The minimum absolute atomic E-state index is 0.0666. The molecule has 0 amide bonds. The van der Waals surface area contributed by atoms with E-state index in [0.717, 1.165) is 15.8 Å². The number of halogens is 1. The summed E-state index contributed by atoms with van der Waals surface area (Å²) >= 11 is 3.46. The molecule has 0 heterocycles. The van der Waals surface area contributed by atoms with Gasteiger partial charge in [0.25, 0.3) is 0 Å². The number of rotatable bonds is 3. The summed E-state index contributed by atoms with van der Waals surface area (Å²) in [7, 11) is 2.03. The fourth-order valence-corrected chi connectivity index (χ4v) is 2.59. The average Bonchev–Trinajstić information content (AvgIpc) is 2.38. The highest BCUT2D eigenvalue weighted by molar-refractivity contribution is 9.10. The normalized spacial score (nSPS) is 10.3. The molecule has 0 aromatic heterocycles. The van der Waals surface area contributed by atoms with Gasteiger partial charge in [0.1, 0.15) is 5.84 Å². The van der Waals surface area contributed by atoms with E-state index in [1.807, 2.05) is 37.4 Å². The van der Waals surface area contributed by atoms with Crippen molar-refractivity contribution >= 4 is 33.1 Å². The Morgan fingerprint density at radius 1 is 1.21 bits per heavy atom. The van der Waals surface area contributed by atoms with Crippen LogP contribution in [0.25, 0.3) is 0 Å². The van der Waals surface area contributed by atoms with Crippen molar-refractivity contribution in [2.24, 2.45) is 5.73 Å². The van der Waals surface area contributed by atoms with Crippen LogP contribution >= 0.6 is 15.9 Å². The van der Waals surface area contributed by atoms with Crippen LogP contribution < -0.4 is 10.6 Å². The second-order valence-corrected chi connectivity index (χ2v) is 5.28. The highest BCUT2D eigenvalue weighted by Gasteiger charge is 2.09. The lowest BCUT2D eigenvalue weighted by atomic mass is 10.1. The first-order valence-electron chi connectivity index (χ1n) is 5.94. The number of hydrogen-bond donors (Lipinski definition) is 2. The maximum Gasteiger partial charge on any atom is 0.123 e. The Hall–Kier alpha value is -1.81. The summed E-state index contributed by atoms with van der Waals surface area (Å²) in [6.07, 6.45) is 0. The van der Waals surface area contributed by atoms with Gasteiger partial charge in [0.2, 0.25) is 0 Å². The molecule has 2 aromatic carbocycles. The standard InChI is InChI=1S/C15H16BrN3/c1-10-5-3-4-6-14(10)19(2)11-7-8-12(15(17)18)13(16)9-11/h3-9H,1-2H3,(H3,17,18). The van der Waals surface area contributed by atoms with E-state index in [2.05, 4.69) is 39.9 Å². The van der Waals surface area contributed by atoms with E-state index in [-0.39, 0.29) is 5.84 Å². The summed E-state index contributed by atoms with van der Waals surface area (Å²) in [5.41, 5.74) is 9.65. The number of aryl methyl sites for hydroxylation is 1. The Kier molecular flexibility index (Phi) is 3.90. The van der Waals surface area contributed by atoms with Crippen molar-refractivity contribution in [3.63, 3.8) is 0 Å². The van der Waals surface area contributed by atoms with Gasteiger partial charge in [0.05, 0.1) is 0 Å². The second kappa shape index (κ2) is 5.45. The van der Waals surface area contributed by atoms with Gasteiger partial charge in [0.15, 0.2) is 0 Å². The highest BCUT2D eigenvalue weighted by Crippen LogP contribution is 2.29. The third-order valence-corrected chi connectivity index (χ3v) is 3.76. The number of hydrogen-bond acceptors (Lipinski definition) is 2. The Bertz CT molecular complexity index is 623. The van der Waals surface area contributed by atoms with Crippen LogP contribution in [0.5, 0.6) is 0 Å². The Balaban J connectivity index is 2.40. The number of amidine groups is 1. The first kappa shape index (κ1) is 13.6. The predicted molar refractivity (Wildman–Crippen MR) is 84.4 cm³/mol. The van der Waals surface area contributed by atoms with Crippen LogP contribution in [0.3, 0.4) is 0 Å². The van der Waals surface area contributed by atoms with Gasteiger partial charge in [-0.05, 0) is 52.7 Å². The molecule has 4 heteroatoms. The molecule has 0 fully saturated rings. The maximum absolute atomic E-state index is 7.49. The molecular formula is C15H16BrN3. The molecule has 0 saturated heterocycles. The Morgan fingerprint density at radius 3 is 2.47 bits per heavy atom. The molecule has 98 valence electrons. The van der Waals surface area contributed by atoms with Gasteiger partial charge in [-0.2, -0.15) is 0 Å². The summed E-state index contributed by atoms with van der Waals surface area (Å²) in [6, 6.07) is 14.0. The number of nitrogens with one attached hydrogen (secondary N) is 1. The molecule has 0 spiro atoms. The summed E-state index contributed by atoms with van der Waals surface area (Å²) in [5.74, 6) is 0.0666. The zero-order valence-corrected chi connectivity index (χ0v) is 12.5. The molecule has 0 unspecified atom stereocenters. The quantitative estimate of drug-likeness (QED) is 0.668. The van der Waals surface area contributed by atoms with Crippen LogP contribution in [0.2, 0.25) is 0 Å². The first-order valence-corrected chi connectivity index (χ1v) is 6.73. The van der Waals surface area contributed by atoms with Crippen LogP contribution in [-0.2, 0) is 0 Å². The lowest BCUT2D eigenvalue weighted by Gasteiger charge is -2.22. The molecule has 0 aliphatic rings. The number of para-hydroxylation sites is 1. The average molecular weight is 318 g/mol. The molecule has 0 bridgehead atoms. The van der Waals surface area contributed by atoms with E-state index in [1.165, 1.54) is 5.56 Å². The second-order valence-electron chi connectivity index (χ2n) is 4.42. The SMILES string of the molecule is Cc1ccccc1N(C)c1ccc(C(=N)N)c(Br)c1. The monoisotopic (exact) mass is 317 g/mol. The topological polar surface area (TPSA) is 53.1 Å². The van der Waals surface area contributed by atoms with Crippen LogP contribution in [0.1, 0.15) is 11.1 Å². The van der Waals surface area contributed by atoms with Gasteiger partial charge in [-0.25, -0.2) is 0 Å². The van der Waals surface area contributed by atoms with E-state index in [9.17, 15) is 0 Å². The van der Waals surface area contributed by atoms with Crippen LogP contribution in [-0.4, -0.2) is 12.9 Å². The van der Waals surface area contributed by atoms with Crippen LogP contribution in [0.15, 0.2) is 46.9 Å². The van der Waals surface area contributed by atoms with Crippen molar-refractivity contribution in [3.8, 4) is 0 Å². The van der Waals surface area contributed by atoms with E-state index < -0.39 is 0 Å². The third-order valence-electron chi connectivity index (χ3n) is 3.11. The Labute approximate surface area is 121 Å². The van der Waals surface area contributed by atoms with Crippen molar-refractivity contribution < 1.29 is 0 Å². The minimum Gasteiger partial charge on any atom is -0.384 e. The lowest BCUT2D eigenvalue weighted by molar-refractivity contribution is 1.18. The number of benzene rings is 2. The molecule has 0 saturated carbocycles. The predicted octanol–water partition coefficient (Wildman–Crippen LogP) is 3.81. The van der Waals surface area contributed by atoms with Gasteiger partial charge >= 0.3 is 0 Å². The molecular weight excluding hydrogens is 302 g/mol. The first-order chi connectivity index (χ1) is 9.00. The molecule has 19 heavy (non-hydrogen) atoms. The van der Waals surface area contributed by atoms with Gasteiger partial charge in [-0.15, -0.1) is 0 Å². The third kappa shape index (κ3) is 2.79. The molecule has 3 N–H and O–H groups in total. The zero-order chi connectivity index (χ0) is 14.0. The molecule has 0 aliphatic carbocycles. The fourth-order valence-electron chi connectivity index (χ4n) is 2.01. The summed E-state index contributed by atoms with van der Waals surface area (Å²) in [6.45, 7) is 2.09. The molecule has 0 atom stereocenters. The molecule has 3 nitrogen and oxygen atoms in total. The Morgan fingerprint density at radius 2 is 1.89 bits per heavy atom. The summed E-state index contributed by atoms with van der Waals surface area (Å²) in [5, 5.41) is 7.49. The number of anilines is 2. The summed E-state index contributed by atoms with van der Waals surface area (Å²) in [4.78, 5) is 2.12. The molecule has 0 radical (unpaired) electrons. The van der Waals surface area contributed by atoms with Crippen molar-refractivity contribution in [3.05, 3.63) is 58.1 Å². The van der Waals surface area contributed by atoms with Gasteiger partial charge in [0, 0.05) is 28.5 Å². The highest BCUT2D eigenvalue weighted by atomic mass is 79.9. The maximum atomic E-state index is 7.49. The van der Waals surface area contributed by atoms with Crippen molar-refractivity contribution in [1.29, 1.82) is 5.41 Å². The van der Waals surface area contributed by atoms with Crippen molar-refractivity contribution in [1.82, 2.24) is 0 Å². The minimum atomic E-state index is 0.0666. The van der Waals surface area contributed by atoms with E-state index >= 15 is 0 Å². The van der Waals surface area contributed by atoms with Gasteiger partial charge in [-0.1, -0.05) is 18.2 Å².